The quantitative estimate of drug-likeness (QED) is 0.0705. The van der Waals surface area contributed by atoms with Crippen molar-refractivity contribution in [1.82, 2.24) is 20.5 Å². The number of rotatable bonds is 19. The van der Waals surface area contributed by atoms with Crippen LogP contribution in [0.2, 0.25) is 0 Å². The molecule has 0 saturated carbocycles. The standard InChI is InChI=1S/C47H58N4O8S/c1-9-57-46(55)30(6)23-33(24-32-17-11-10-12-18-32)48-43(53)39-27-60-44(49-39)41(59-31(7)52)25-40(28(2)3)51(8)45(54)42(29(4)5)50-47(56)58-26-38-36-21-15-13-19-34(36)35-20-14-16-22-37(35)38/h10-22,27-30,33,38,40-42H,9,23-26H2,1-8H3,(H,48,53)(H,50,56)/t30-,33-,40+,41-,42+/m1/s1. The number of nitrogens with zero attached hydrogens (tertiary/aromatic N) is 2. The maximum absolute atomic E-state index is 14.2. The monoisotopic (exact) mass is 838 g/mol. The van der Waals surface area contributed by atoms with Gasteiger partial charge in [0.2, 0.25) is 5.91 Å². The van der Waals surface area contributed by atoms with Gasteiger partial charge in [0.05, 0.1) is 12.5 Å². The zero-order chi connectivity index (χ0) is 43.5. The fourth-order valence-electron chi connectivity index (χ4n) is 7.86. The van der Waals surface area contributed by atoms with Gasteiger partial charge in [-0.2, -0.15) is 0 Å². The van der Waals surface area contributed by atoms with Crippen molar-refractivity contribution < 1.29 is 38.2 Å². The molecular formula is C47H58N4O8S. The summed E-state index contributed by atoms with van der Waals surface area (Å²) in [5, 5.41) is 7.91. The van der Waals surface area contributed by atoms with Crippen molar-refractivity contribution in [3.63, 3.8) is 0 Å². The number of fused-ring (bicyclic) bond motifs is 3. The molecule has 1 heterocycles. The predicted molar refractivity (Wildman–Crippen MR) is 231 cm³/mol. The summed E-state index contributed by atoms with van der Waals surface area (Å²) in [5.74, 6) is -2.56. The Morgan fingerprint density at radius 1 is 0.800 bits per heavy atom. The van der Waals surface area contributed by atoms with Gasteiger partial charge in [-0.1, -0.05) is 113 Å². The second kappa shape index (κ2) is 21.1. The van der Waals surface area contributed by atoms with Gasteiger partial charge in [-0.3, -0.25) is 19.2 Å². The molecule has 0 unspecified atom stereocenters. The number of benzene rings is 3. The second-order valence-corrected chi connectivity index (χ2v) is 17.0. The van der Waals surface area contributed by atoms with Gasteiger partial charge in [-0.05, 0) is 59.4 Å². The zero-order valence-corrected chi connectivity index (χ0v) is 36.6. The molecule has 4 aromatic rings. The van der Waals surface area contributed by atoms with Gasteiger partial charge in [-0.15, -0.1) is 11.3 Å². The van der Waals surface area contributed by atoms with E-state index in [1.165, 1.54) is 18.3 Å². The number of likely N-dealkylation sites (N-methyl/N-ethyl adjacent to an activating group) is 1. The average Bonchev–Trinajstić information content (AvgIpc) is 3.84. The Labute approximate surface area is 357 Å². The van der Waals surface area contributed by atoms with Crippen LogP contribution in [0.1, 0.15) is 106 Å². The molecular weight excluding hydrogens is 781 g/mol. The molecule has 5 atom stereocenters. The zero-order valence-electron chi connectivity index (χ0n) is 35.8. The van der Waals surface area contributed by atoms with E-state index in [1.807, 2.05) is 94.4 Å². The van der Waals surface area contributed by atoms with Crippen molar-refractivity contribution in [3.8, 4) is 11.1 Å². The molecule has 3 aromatic carbocycles. The summed E-state index contributed by atoms with van der Waals surface area (Å²) in [6.07, 6.45) is -0.513. The van der Waals surface area contributed by atoms with Crippen LogP contribution in [0.4, 0.5) is 4.79 Å². The molecule has 0 bridgehead atoms. The molecule has 0 aliphatic heterocycles. The highest BCUT2D eigenvalue weighted by atomic mass is 32.1. The first kappa shape index (κ1) is 45.5. The van der Waals surface area contributed by atoms with Crippen LogP contribution in [0, 0.1) is 17.8 Å². The van der Waals surface area contributed by atoms with E-state index < -0.39 is 48.1 Å². The number of carbonyl (C=O) groups excluding carboxylic acids is 5. The molecule has 0 radical (unpaired) electrons. The number of amides is 3. The highest BCUT2D eigenvalue weighted by molar-refractivity contribution is 7.09. The molecule has 320 valence electrons. The molecule has 5 rings (SSSR count). The van der Waals surface area contributed by atoms with Crippen LogP contribution in [0.15, 0.2) is 84.2 Å². The molecule has 60 heavy (non-hydrogen) atoms. The number of nitrogens with one attached hydrogen (secondary N) is 2. The van der Waals surface area contributed by atoms with Crippen molar-refractivity contribution in [1.29, 1.82) is 0 Å². The fraction of sp³-hybridized carbons (Fsp3) is 0.447. The maximum Gasteiger partial charge on any atom is 0.407 e. The van der Waals surface area contributed by atoms with Crippen LogP contribution in [0.3, 0.4) is 0 Å². The second-order valence-electron chi connectivity index (χ2n) is 16.1. The third-order valence-corrected chi connectivity index (χ3v) is 11.9. The van der Waals surface area contributed by atoms with E-state index in [0.29, 0.717) is 17.8 Å². The van der Waals surface area contributed by atoms with Crippen molar-refractivity contribution in [2.45, 2.75) is 97.9 Å². The summed E-state index contributed by atoms with van der Waals surface area (Å²) in [6.45, 7) is 12.9. The Morgan fingerprint density at radius 3 is 2.00 bits per heavy atom. The number of alkyl carbamates (subject to hydrolysis) is 1. The van der Waals surface area contributed by atoms with E-state index in [4.69, 9.17) is 14.2 Å². The Balaban J connectivity index is 1.26. The van der Waals surface area contributed by atoms with Gasteiger partial charge in [0.15, 0.2) is 6.10 Å². The summed E-state index contributed by atoms with van der Waals surface area (Å²) in [6, 6.07) is 24.1. The molecule has 3 amide bonds. The van der Waals surface area contributed by atoms with Gasteiger partial charge >= 0.3 is 18.0 Å². The van der Waals surface area contributed by atoms with E-state index >= 15 is 0 Å². The van der Waals surface area contributed by atoms with Gasteiger partial charge in [0.1, 0.15) is 23.4 Å². The van der Waals surface area contributed by atoms with E-state index in [9.17, 15) is 24.0 Å². The largest absolute Gasteiger partial charge is 0.466 e. The highest BCUT2D eigenvalue weighted by Crippen LogP contribution is 2.44. The summed E-state index contributed by atoms with van der Waals surface area (Å²) < 4.78 is 16.8. The number of hydrogen-bond donors (Lipinski definition) is 2. The molecule has 0 fully saturated rings. The minimum absolute atomic E-state index is 0.0952. The Morgan fingerprint density at radius 2 is 1.42 bits per heavy atom. The van der Waals surface area contributed by atoms with Crippen LogP contribution in [0.5, 0.6) is 0 Å². The molecule has 12 nitrogen and oxygen atoms in total. The third-order valence-electron chi connectivity index (χ3n) is 10.9. The molecule has 1 aliphatic carbocycles. The SMILES string of the molecule is CCOC(=O)[C@H](C)C[C@H](Cc1ccccc1)NC(=O)c1csc([C@@H](C[C@@H](C(C)C)N(C)C(=O)[C@@H](NC(=O)OCC2c3ccccc3-c3ccccc32)C(C)C)OC(C)=O)n1. The Bertz CT molecular complexity index is 2060. The lowest BCUT2D eigenvalue weighted by molar-refractivity contribution is -0.149. The summed E-state index contributed by atoms with van der Waals surface area (Å²) in [4.78, 5) is 72.4. The van der Waals surface area contributed by atoms with Crippen LogP contribution < -0.4 is 10.6 Å². The lowest BCUT2D eigenvalue weighted by atomic mass is 9.94. The maximum atomic E-state index is 14.2. The smallest absolute Gasteiger partial charge is 0.407 e. The van der Waals surface area contributed by atoms with Crippen molar-refractivity contribution >= 4 is 41.2 Å². The summed E-state index contributed by atoms with van der Waals surface area (Å²) >= 11 is 1.18. The average molecular weight is 839 g/mol. The fourth-order valence-corrected chi connectivity index (χ4v) is 8.70. The number of esters is 2. The first-order chi connectivity index (χ1) is 28.7. The normalized spacial score (nSPS) is 14.6. The minimum atomic E-state index is -0.899. The lowest BCUT2D eigenvalue weighted by Crippen LogP contribution is -2.54. The van der Waals surface area contributed by atoms with E-state index in [2.05, 4.69) is 27.8 Å². The molecule has 1 aromatic heterocycles. The van der Waals surface area contributed by atoms with Crippen LogP contribution in [-0.4, -0.2) is 78.1 Å². The lowest BCUT2D eigenvalue weighted by Gasteiger charge is -2.36. The van der Waals surface area contributed by atoms with Gasteiger partial charge in [0.25, 0.3) is 5.91 Å². The number of ether oxygens (including phenoxy) is 3. The number of thiazole rings is 1. The third kappa shape index (κ3) is 11.6. The van der Waals surface area contributed by atoms with Crippen LogP contribution in [-0.2, 0) is 35.0 Å². The summed E-state index contributed by atoms with van der Waals surface area (Å²) in [7, 11) is 1.68. The van der Waals surface area contributed by atoms with E-state index in [0.717, 1.165) is 27.8 Å². The molecule has 0 spiro atoms. The first-order valence-corrected chi connectivity index (χ1v) is 21.6. The minimum Gasteiger partial charge on any atom is -0.466 e. The topological polar surface area (TPSA) is 153 Å². The molecule has 13 heteroatoms. The Hall–Kier alpha value is -5.56. The highest BCUT2D eigenvalue weighted by Gasteiger charge is 2.36. The first-order valence-electron chi connectivity index (χ1n) is 20.7. The van der Waals surface area contributed by atoms with Crippen molar-refractivity contribution in [2.24, 2.45) is 17.8 Å². The van der Waals surface area contributed by atoms with E-state index in [1.54, 1.807) is 31.2 Å². The molecule has 2 N–H and O–H groups in total. The van der Waals surface area contributed by atoms with Crippen molar-refractivity contribution in [3.05, 3.63) is 112 Å². The van der Waals surface area contributed by atoms with Crippen LogP contribution in [0.25, 0.3) is 11.1 Å². The Kier molecular flexibility index (Phi) is 16.0. The molecule has 1 aliphatic rings. The van der Waals surface area contributed by atoms with E-state index in [-0.39, 0.29) is 55.0 Å². The van der Waals surface area contributed by atoms with Crippen LogP contribution >= 0.6 is 11.3 Å². The van der Waals surface area contributed by atoms with Crippen molar-refractivity contribution in [2.75, 3.05) is 20.3 Å². The van der Waals surface area contributed by atoms with Gasteiger partial charge in [0, 0.05) is 43.8 Å². The molecule has 0 saturated heterocycles. The summed E-state index contributed by atoms with van der Waals surface area (Å²) in [5.41, 5.74) is 5.56. The number of aromatic nitrogens is 1. The number of hydrogen-bond acceptors (Lipinski definition) is 10. The number of carbonyl (C=O) groups is 5. The predicted octanol–water partition coefficient (Wildman–Crippen LogP) is 8.11. The van der Waals surface area contributed by atoms with Gasteiger partial charge < -0.3 is 29.7 Å². The van der Waals surface area contributed by atoms with Gasteiger partial charge in [-0.25, -0.2) is 9.78 Å².